The van der Waals surface area contributed by atoms with Gasteiger partial charge in [-0.15, -0.1) is 11.8 Å². The van der Waals surface area contributed by atoms with E-state index in [1.54, 1.807) is 23.1 Å². The zero-order valence-corrected chi connectivity index (χ0v) is 18.6. The Morgan fingerprint density at radius 3 is 2.54 bits per heavy atom. The van der Waals surface area contributed by atoms with Gasteiger partial charge in [0.15, 0.2) is 5.13 Å². The van der Waals surface area contributed by atoms with Crippen LogP contribution in [0.1, 0.15) is 17.5 Å². The maximum absolute atomic E-state index is 13.1. The zero-order chi connectivity index (χ0) is 20.1. The van der Waals surface area contributed by atoms with E-state index in [2.05, 4.69) is 64.3 Å². The van der Waals surface area contributed by atoms with Crippen LogP contribution in [0.5, 0.6) is 0 Å². The number of amides is 1. The number of aryl methyl sites for hydroxylation is 2. The highest BCUT2D eigenvalue weighted by Crippen LogP contribution is 2.30. The van der Waals surface area contributed by atoms with Crippen molar-refractivity contribution in [1.29, 1.82) is 0 Å². The number of carbonyl (C=O) groups is 1. The van der Waals surface area contributed by atoms with Crippen LogP contribution < -0.4 is 9.80 Å². The molecular formula is C22H28N3OS2+. The second-order valence-corrected chi connectivity index (χ2v) is 9.48. The van der Waals surface area contributed by atoms with E-state index in [1.807, 2.05) is 11.0 Å². The Kier molecular flexibility index (Phi) is 7.10. The third kappa shape index (κ3) is 5.56. The van der Waals surface area contributed by atoms with Gasteiger partial charge in [-0.2, -0.15) is 0 Å². The van der Waals surface area contributed by atoms with Crippen molar-refractivity contribution in [1.82, 2.24) is 4.98 Å². The van der Waals surface area contributed by atoms with Crippen molar-refractivity contribution in [3.05, 3.63) is 53.6 Å². The number of hydrogen-bond donors (Lipinski definition) is 1. The lowest BCUT2D eigenvalue weighted by atomic mass is 10.2. The first kappa shape index (κ1) is 20.8. The molecule has 1 aromatic heterocycles. The predicted octanol–water partition coefficient (Wildman–Crippen LogP) is 3.57. The van der Waals surface area contributed by atoms with Gasteiger partial charge in [-0.3, -0.25) is 9.69 Å². The minimum absolute atomic E-state index is 0.120. The zero-order valence-electron chi connectivity index (χ0n) is 17.0. The summed E-state index contributed by atoms with van der Waals surface area (Å²) in [6.07, 6.45) is 0.957. The monoisotopic (exact) mass is 414 g/mol. The van der Waals surface area contributed by atoms with Crippen LogP contribution in [0.4, 0.5) is 5.13 Å². The Labute approximate surface area is 175 Å². The molecule has 0 radical (unpaired) electrons. The van der Waals surface area contributed by atoms with Crippen molar-refractivity contribution >= 4 is 44.4 Å². The van der Waals surface area contributed by atoms with E-state index in [0.717, 1.165) is 33.2 Å². The van der Waals surface area contributed by atoms with Gasteiger partial charge in [-0.25, -0.2) is 4.98 Å². The minimum Gasteiger partial charge on any atom is -0.340 e. The summed E-state index contributed by atoms with van der Waals surface area (Å²) in [6, 6.07) is 14.6. The molecule has 1 heterocycles. The van der Waals surface area contributed by atoms with Crippen LogP contribution >= 0.6 is 23.1 Å². The van der Waals surface area contributed by atoms with E-state index in [1.165, 1.54) is 16.0 Å². The molecule has 0 aliphatic heterocycles. The van der Waals surface area contributed by atoms with Gasteiger partial charge in [0, 0.05) is 17.9 Å². The maximum Gasteiger partial charge on any atom is 0.239 e. The van der Waals surface area contributed by atoms with Crippen LogP contribution in [-0.4, -0.2) is 43.8 Å². The molecule has 148 valence electrons. The van der Waals surface area contributed by atoms with Gasteiger partial charge < -0.3 is 4.90 Å². The molecule has 1 N–H and O–H groups in total. The summed E-state index contributed by atoms with van der Waals surface area (Å²) in [6.45, 7) is 5.89. The molecule has 28 heavy (non-hydrogen) atoms. The van der Waals surface area contributed by atoms with Crippen molar-refractivity contribution in [2.24, 2.45) is 0 Å². The van der Waals surface area contributed by atoms with Crippen LogP contribution in [0.25, 0.3) is 10.2 Å². The predicted molar refractivity (Wildman–Crippen MR) is 121 cm³/mol. The lowest BCUT2D eigenvalue weighted by Crippen LogP contribution is -3.05. The third-order valence-corrected chi connectivity index (χ3v) is 6.54. The molecule has 6 heteroatoms. The Hall–Kier alpha value is -1.89. The molecular weight excluding hydrogens is 386 g/mol. The first-order chi connectivity index (χ1) is 13.4. The van der Waals surface area contributed by atoms with Gasteiger partial charge in [0.2, 0.25) is 5.91 Å². The van der Waals surface area contributed by atoms with E-state index < -0.39 is 0 Å². The van der Waals surface area contributed by atoms with Gasteiger partial charge in [0.25, 0.3) is 0 Å². The average molecular weight is 415 g/mol. The number of hydrogen-bond acceptors (Lipinski definition) is 4. The molecule has 4 nitrogen and oxygen atoms in total. The molecule has 3 aromatic rings. The van der Waals surface area contributed by atoms with Crippen molar-refractivity contribution in [2.45, 2.75) is 25.2 Å². The smallest absolute Gasteiger partial charge is 0.239 e. The molecule has 2 aromatic carbocycles. The van der Waals surface area contributed by atoms with Crippen molar-refractivity contribution in [3.8, 4) is 0 Å². The van der Waals surface area contributed by atoms with Crippen LogP contribution in [0.15, 0.2) is 47.4 Å². The first-order valence-electron chi connectivity index (χ1n) is 9.58. The van der Waals surface area contributed by atoms with E-state index in [-0.39, 0.29) is 5.91 Å². The number of carbonyl (C=O) groups excluding carboxylic acids is 1. The highest BCUT2D eigenvalue weighted by molar-refractivity contribution is 8.00. The number of fused-ring (bicyclic) bond motifs is 1. The Morgan fingerprint density at radius 1 is 1.11 bits per heavy atom. The highest BCUT2D eigenvalue weighted by atomic mass is 32.2. The summed E-state index contributed by atoms with van der Waals surface area (Å²) < 4.78 is 1.14. The van der Waals surface area contributed by atoms with Crippen molar-refractivity contribution in [2.75, 3.05) is 37.8 Å². The number of thioether (sulfide) groups is 1. The second-order valence-electron chi connectivity index (χ2n) is 7.43. The number of nitrogens with one attached hydrogen (secondary N) is 1. The maximum atomic E-state index is 13.1. The van der Waals surface area contributed by atoms with E-state index in [4.69, 9.17) is 4.98 Å². The summed E-state index contributed by atoms with van der Waals surface area (Å²) in [5.41, 5.74) is 3.41. The Morgan fingerprint density at radius 2 is 1.82 bits per heavy atom. The van der Waals surface area contributed by atoms with Gasteiger partial charge >= 0.3 is 0 Å². The Balaban J connectivity index is 1.76. The van der Waals surface area contributed by atoms with Crippen LogP contribution in [-0.2, 0) is 4.79 Å². The molecule has 0 atom stereocenters. The van der Waals surface area contributed by atoms with E-state index >= 15 is 0 Å². The Bertz CT molecular complexity index is 935. The number of quaternary nitrogens is 1. The molecule has 0 aliphatic rings. The average Bonchev–Trinajstić information content (AvgIpc) is 3.07. The minimum atomic E-state index is 0.120. The van der Waals surface area contributed by atoms with Crippen molar-refractivity contribution in [3.63, 3.8) is 0 Å². The highest BCUT2D eigenvalue weighted by Gasteiger charge is 2.20. The fourth-order valence-electron chi connectivity index (χ4n) is 2.91. The van der Waals surface area contributed by atoms with Crippen LogP contribution in [0, 0.1) is 13.8 Å². The molecule has 1 amide bonds. The third-order valence-electron chi connectivity index (χ3n) is 4.51. The summed E-state index contributed by atoms with van der Waals surface area (Å²) in [5.74, 6) is 0.544. The molecule has 0 fully saturated rings. The molecule has 0 bridgehead atoms. The van der Waals surface area contributed by atoms with E-state index in [0.29, 0.717) is 12.3 Å². The summed E-state index contributed by atoms with van der Waals surface area (Å²) in [5, 5.41) is 0.809. The molecule has 3 rings (SSSR count). The SMILES string of the molecule is Cc1ccc(SCC(=O)N(CCC[NH+](C)C)c2nc3ccc(C)cc3s2)cc1. The number of thiazole rings is 1. The second kappa shape index (κ2) is 9.54. The number of anilines is 1. The number of rotatable bonds is 8. The number of benzene rings is 2. The molecule has 0 saturated heterocycles. The molecule has 0 saturated carbocycles. The van der Waals surface area contributed by atoms with Crippen LogP contribution in [0.2, 0.25) is 0 Å². The summed E-state index contributed by atoms with van der Waals surface area (Å²) in [4.78, 5) is 22.2. The summed E-state index contributed by atoms with van der Waals surface area (Å²) >= 11 is 3.20. The van der Waals surface area contributed by atoms with E-state index in [9.17, 15) is 4.79 Å². The lowest BCUT2D eigenvalue weighted by Gasteiger charge is -2.20. The van der Waals surface area contributed by atoms with Gasteiger partial charge in [-0.1, -0.05) is 35.1 Å². The van der Waals surface area contributed by atoms with Crippen molar-refractivity contribution < 1.29 is 9.69 Å². The number of nitrogens with zero attached hydrogens (tertiary/aromatic N) is 2. The fraction of sp³-hybridized carbons (Fsp3) is 0.364. The number of aromatic nitrogens is 1. The van der Waals surface area contributed by atoms with Gasteiger partial charge in [0.1, 0.15) is 0 Å². The normalized spacial score (nSPS) is 11.3. The quantitative estimate of drug-likeness (QED) is 0.573. The molecule has 0 aliphatic carbocycles. The molecule has 0 spiro atoms. The largest absolute Gasteiger partial charge is 0.340 e. The molecule has 0 unspecified atom stereocenters. The first-order valence-corrected chi connectivity index (χ1v) is 11.4. The summed E-state index contributed by atoms with van der Waals surface area (Å²) in [7, 11) is 4.28. The topological polar surface area (TPSA) is 37.6 Å². The van der Waals surface area contributed by atoms with Crippen LogP contribution in [0.3, 0.4) is 0 Å². The van der Waals surface area contributed by atoms with Gasteiger partial charge in [-0.05, 0) is 43.7 Å². The standard InChI is InChI=1S/C22H27N3OS2/c1-16-6-9-18(10-7-16)27-15-21(26)25(13-5-12-24(3)4)22-23-19-11-8-17(2)14-20(19)28-22/h6-11,14H,5,12-13,15H2,1-4H3/p+1. The lowest BCUT2D eigenvalue weighted by molar-refractivity contribution is -0.858. The van der Waals surface area contributed by atoms with Gasteiger partial charge in [0.05, 0.1) is 36.6 Å². The fourth-order valence-corrected chi connectivity index (χ4v) is 4.79.